The van der Waals surface area contributed by atoms with Crippen LogP contribution in [0.25, 0.3) is 0 Å². The van der Waals surface area contributed by atoms with Crippen molar-refractivity contribution in [3.63, 3.8) is 0 Å². The fourth-order valence-corrected chi connectivity index (χ4v) is 2.04. The van der Waals surface area contributed by atoms with E-state index in [1.54, 1.807) is 30.7 Å². The minimum atomic E-state index is -0.210. The number of hydrogen-bond donors (Lipinski definition) is 1. The average molecular weight is 298 g/mol. The van der Waals surface area contributed by atoms with Crippen LogP contribution in [-0.2, 0) is 6.54 Å². The van der Waals surface area contributed by atoms with Gasteiger partial charge < -0.3 is 9.88 Å². The van der Waals surface area contributed by atoms with Gasteiger partial charge in [-0.05, 0) is 18.6 Å². The molecule has 1 heterocycles. The second kappa shape index (κ2) is 6.59. The zero-order valence-electron chi connectivity index (χ0n) is 10.1. The fourth-order valence-electron chi connectivity index (χ4n) is 1.66. The highest BCUT2D eigenvalue weighted by Crippen LogP contribution is 2.25. The molecule has 1 aromatic carbocycles. The van der Waals surface area contributed by atoms with E-state index in [0.29, 0.717) is 17.1 Å². The van der Waals surface area contributed by atoms with Crippen LogP contribution in [0.3, 0.4) is 0 Å². The van der Waals surface area contributed by atoms with Crippen LogP contribution >= 0.6 is 23.2 Å². The van der Waals surface area contributed by atoms with Crippen molar-refractivity contribution in [2.75, 3.05) is 6.54 Å². The summed E-state index contributed by atoms with van der Waals surface area (Å²) in [5.74, 6) is -0.210. The molecule has 1 amide bonds. The Balaban J connectivity index is 1.83. The smallest absolute Gasteiger partial charge is 0.252 e. The Hall–Kier alpha value is -1.52. The van der Waals surface area contributed by atoms with Crippen LogP contribution in [0.5, 0.6) is 0 Å². The number of halogens is 2. The van der Waals surface area contributed by atoms with Crippen molar-refractivity contribution in [1.82, 2.24) is 14.9 Å². The minimum Gasteiger partial charge on any atom is -0.352 e. The highest BCUT2D eigenvalue weighted by atomic mass is 35.5. The first-order valence-corrected chi connectivity index (χ1v) is 6.62. The van der Waals surface area contributed by atoms with Crippen LogP contribution in [0.1, 0.15) is 16.8 Å². The molecule has 0 bridgehead atoms. The van der Waals surface area contributed by atoms with E-state index < -0.39 is 0 Å². The molecule has 2 aromatic rings. The molecule has 0 unspecified atom stereocenters. The Morgan fingerprint density at radius 1 is 1.37 bits per heavy atom. The molecule has 19 heavy (non-hydrogen) atoms. The van der Waals surface area contributed by atoms with Crippen LogP contribution < -0.4 is 5.32 Å². The predicted molar refractivity (Wildman–Crippen MR) is 75.6 cm³/mol. The third kappa shape index (κ3) is 3.72. The maximum absolute atomic E-state index is 11.9. The second-order valence-corrected chi connectivity index (χ2v) is 4.80. The number of carbonyl (C=O) groups is 1. The molecule has 2 rings (SSSR count). The van der Waals surface area contributed by atoms with E-state index in [-0.39, 0.29) is 10.9 Å². The maximum atomic E-state index is 11.9. The quantitative estimate of drug-likeness (QED) is 0.863. The van der Waals surface area contributed by atoms with Gasteiger partial charge in [-0.25, -0.2) is 4.98 Å². The van der Waals surface area contributed by atoms with Gasteiger partial charge in [-0.15, -0.1) is 0 Å². The molecule has 0 saturated carbocycles. The van der Waals surface area contributed by atoms with Crippen molar-refractivity contribution in [3.8, 4) is 0 Å². The van der Waals surface area contributed by atoms with Crippen molar-refractivity contribution in [2.45, 2.75) is 13.0 Å². The van der Waals surface area contributed by atoms with Gasteiger partial charge in [0.1, 0.15) is 0 Å². The van der Waals surface area contributed by atoms with Crippen LogP contribution in [-0.4, -0.2) is 22.0 Å². The normalized spacial score (nSPS) is 10.4. The van der Waals surface area contributed by atoms with Crippen LogP contribution in [0.15, 0.2) is 36.9 Å². The van der Waals surface area contributed by atoms with Crippen molar-refractivity contribution in [1.29, 1.82) is 0 Å². The first kappa shape index (κ1) is 13.9. The Labute approximate surface area is 121 Å². The van der Waals surface area contributed by atoms with Gasteiger partial charge in [0.15, 0.2) is 0 Å². The van der Waals surface area contributed by atoms with Gasteiger partial charge in [0, 0.05) is 25.5 Å². The van der Waals surface area contributed by atoms with E-state index in [4.69, 9.17) is 23.2 Å². The summed E-state index contributed by atoms with van der Waals surface area (Å²) in [6.07, 6.45) is 6.18. The van der Waals surface area contributed by atoms with Gasteiger partial charge >= 0.3 is 0 Å². The van der Waals surface area contributed by atoms with Crippen molar-refractivity contribution in [2.24, 2.45) is 0 Å². The van der Waals surface area contributed by atoms with Gasteiger partial charge in [-0.3, -0.25) is 4.79 Å². The molecule has 4 nitrogen and oxygen atoms in total. The van der Waals surface area contributed by atoms with E-state index in [2.05, 4.69) is 10.3 Å². The predicted octanol–water partition coefficient (Wildman–Crippen LogP) is 3.01. The number of amides is 1. The summed E-state index contributed by atoms with van der Waals surface area (Å²) < 4.78 is 1.96. The zero-order chi connectivity index (χ0) is 13.7. The number of imidazole rings is 1. The summed E-state index contributed by atoms with van der Waals surface area (Å²) in [4.78, 5) is 15.9. The van der Waals surface area contributed by atoms with E-state index in [1.807, 2.05) is 10.8 Å². The molecular formula is C13H13Cl2N3O. The molecule has 0 aliphatic carbocycles. The number of hydrogen-bond acceptors (Lipinski definition) is 2. The summed E-state index contributed by atoms with van der Waals surface area (Å²) in [6.45, 7) is 1.38. The number of nitrogens with zero attached hydrogens (tertiary/aromatic N) is 2. The van der Waals surface area contributed by atoms with E-state index >= 15 is 0 Å². The van der Waals surface area contributed by atoms with E-state index in [9.17, 15) is 4.79 Å². The summed E-state index contributed by atoms with van der Waals surface area (Å²) in [5.41, 5.74) is 0.400. The number of carbonyl (C=O) groups excluding carboxylic acids is 1. The van der Waals surface area contributed by atoms with E-state index in [0.717, 1.165) is 13.0 Å². The average Bonchev–Trinajstić information content (AvgIpc) is 2.91. The van der Waals surface area contributed by atoms with Gasteiger partial charge in [0.25, 0.3) is 5.91 Å². The Kier molecular flexibility index (Phi) is 4.82. The molecule has 0 spiro atoms. The minimum absolute atomic E-state index is 0.210. The monoisotopic (exact) mass is 297 g/mol. The lowest BCUT2D eigenvalue weighted by Crippen LogP contribution is -2.25. The molecule has 6 heteroatoms. The zero-order valence-corrected chi connectivity index (χ0v) is 11.7. The van der Waals surface area contributed by atoms with Crippen molar-refractivity contribution >= 4 is 29.1 Å². The van der Waals surface area contributed by atoms with Crippen LogP contribution in [0.4, 0.5) is 0 Å². The Morgan fingerprint density at radius 3 is 2.95 bits per heavy atom. The molecule has 0 saturated heterocycles. The molecular weight excluding hydrogens is 285 g/mol. The molecule has 0 aliphatic heterocycles. The maximum Gasteiger partial charge on any atom is 0.252 e. The Morgan fingerprint density at radius 2 is 2.21 bits per heavy atom. The molecule has 1 N–H and O–H groups in total. The lowest BCUT2D eigenvalue weighted by atomic mass is 10.2. The molecule has 0 aliphatic rings. The van der Waals surface area contributed by atoms with Crippen LogP contribution in [0.2, 0.25) is 10.0 Å². The standard InChI is InChI=1S/C13H13Cl2N3O/c14-11-4-1-3-10(12(11)15)13(19)17-5-2-7-18-8-6-16-9-18/h1,3-4,6,8-9H,2,5,7H2,(H,17,19). The number of aromatic nitrogens is 2. The first-order chi connectivity index (χ1) is 9.18. The van der Waals surface area contributed by atoms with Gasteiger partial charge in [0.05, 0.1) is 21.9 Å². The highest BCUT2D eigenvalue weighted by Gasteiger charge is 2.11. The number of nitrogens with one attached hydrogen (secondary N) is 1. The lowest BCUT2D eigenvalue weighted by Gasteiger charge is -2.07. The SMILES string of the molecule is O=C(NCCCn1ccnc1)c1cccc(Cl)c1Cl. The van der Waals surface area contributed by atoms with Crippen molar-refractivity contribution in [3.05, 3.63) is 52.5 Å². The largest absolute Gasteiger partial charge is 0.352 e. The van der Waals surface area contributed by atoms with Crippen molar-refractivity contribution < 1.29 is 4.79 Å². The topological polar surface area (TPSA) is 46.9 Å². The summed E-state index contributed by atoms with van der Waals surface area (Å²) in [6, 6.07) is 5.01. The number of rotatable bonds is 5. The summed E-state index contributed by atoms with van der Waals surface area (Å²) >= 11 is 11.8. The van der Waals surface area contributed by atoms with Gasteiger partial charge in [-0.2, -0.15) is 0 Å². The summed E-state index contributed by atoms with van der Waals surface area (Å²) in [7, 11) is 0. The summed E-state index contributed by atoms with van der Waals surface area (Å²) in [5, 5.41) is 3.48. The number of benzene rings is 1. The number of aryl methyl sites for hydroxylation is 1. The van der Waals surface area contributed by atoms with E-state index in [1.165, 1.54) is 0 Å². The fraction of sp³-hybridized carbons (Fsp3) is 0.231. The molecule has 100 valence electrons. The first-order valence-electron chi connectivity index (χ1n) is 5.86. The molecule has 0 radical (unpaired) electrons. The van der Waals surface area contributed by atoms with Crippen LogP contribution in [0, 0.1) is 0 Å². The Bertz CT molecular complexity index is 555. The second-order valence-electron chi connectivity index (χ2n) is 4.01. The van der Waals surface area contributed by atoms with Gasteiger partial charge in [0.2, 0.25) is 0 Å². The highest BCUT2D eigenvalue weighted by molar-refractivity contribution is 6.43. The third-order valence-electron chi connectivity index (χ3n) is 2.63. The third-order valence-corrected chi connectivity index (χ3v) is 3.45. The molecule has 0 atom stereocenters. The molecule has 0 fully saturated rings. The van der Waals surface area contributed by atoms with Gasteiger partial charge in [-0.1, -0.05) is 29.3 Å². The lowest BCUT2D eigenvalue weighted by molar-refractivity contribution is 0.0953. The molecule has 1 aromatic heterocycles.